The molecule has 0 aliphatic carbocycles. The normalized spacial score (nSPS) is 11.1. The highest BCUT2D eigenvalue weighted by Gasteiger charge is 2.01. The van der Waals surface area contributed by atoms with E-state index in [4.69, 9.17) is 0 Å². The third kappa shape index (κ3) is 18.4. The van der Waals surface area contributed by atoms with Crippen molar-refractivity contribution in [1.82, 2.24) is 15.5 Å². The van der Waals surface area contributed by atoms with Crippen molar-refractivity contribution in [3.63, 3.8) is 0 Å². The fourth-order valence-electron chi connectivity index (χ4n) is 2.96. The second-order valence-electron chi connectivity index (χ2n) is 7.00. The quantitative estimate of drug-likeness (QED) is 0.296. The van der Waals surface area contributed by atoms with Crippen molar-refractivity contribution in [3.8, 4) is 0 Å². The van der Waals surface area contributed by atoms with Crippen molar-refractivity contribution in [1.29, 1.82) is 0 Å². The minimum absolute atomic E-state index is 0.0308. The summed E-state index contributed by atoms with van der Waals surface area (Å²) in [6.07, 6.45) is 13.9. The van der Waals surface area contributed by atoms with E-state index in [1.807, 2.05) is 11.8 Å². The molecule has 0 rings (SSSR count). The Kier molecular flexibility index (Phi) is 20.5. The van der Waals surface area contributed by atoms with Crippen LogP contribution in [0.5, 0.6) is 0 Å². The first kappa shape index (κ1) is 25.6. The van der Waals surface area contributed by atoms with Crippen LogP contribution in [0.4, 0.5) is 4.79 Å². The molecule has 2 N–H and O–H groups in total. The van der Waals surface area contributed by atoms with Crippen molar-refractivity contribution in [2.45, 2.75) is 85.0 Å². The molecule has 0 aromatic rings. The van der Waals surface area contributed by atoms with Crippen LogP contribution in [0.15, 0.2) is 0 Å². The maximum Gasteiger partial charge on any atom is 0.314 e. The van der Waals surface area contributed by atoms with Gasteiger partial charge in [-0.15, -0.1) is 0 Å². The third-order valence-electron chi connectivity index (χ3n) is 4.78. The van der Waals surface area contributed by atoms with E-state index >= 15 is 0 Å². The highest BCUT2D eigenvalue weighted by atomic mass is 32.2. The zero-order valence-electron chi connectivity index (χ0n) is 17.8. The molecule has 26 heavy (non-hydrogen) atoms. The highest BCUT2D eigenvalue weighted by molar-refractivity contribution is 7.99. The van der Waals surface area contributed by atoms with E-state index in [-0.39, 0.29) is 6.03 Å². The SMILES string of the molecule is CCCCCCCCCCCCSCCNC(=O)NCCN(CC)CC. The maximum absolute atomic E-state index is 11.7. The van der Waals surface area contributed by atoms with Crippen molar-refractivity contribution < 1.29 is 4.79 Å². The summed E-state index contributed by atoms with van der Waals surface area (Å²) in [4.78, 5) is 14.0. The molecule has 2 amide bonds. The summed E-state index contributed by atoms with van der Waals surface area (Å²) in [6.45, 7) is 11.1. The lowest BCUT2D eigenvalue weighted by molar-refractivity contribution is 0.237. The first-order chi connectivity index (χ1) is 12.7. The number of hydrogen-bond donors (Lipinski definition) is 2. The van der Waals surface area contributed by atoms with E-state index < -0.39 is 0 Å². The zero-order chi connectivity index (χ0) is 19.3. The van der Waals surface area contributed by atoms with E-state index in [0.29, 0.717) is 0 Å². The molecular formula is C21H45N3OS. The van der Waals surface area contributed by atoms with E-state index in [2.05, 4.69) is 36.3 Å². The smallest absolute Gasteiger partial charge is 0.314 e. The summed E-state index contributed by atoms with van der Waals surface area (Å²) < 4.78 is 0. The fraction of sp³-hybridized carbons (Fsp3) is 0.952. The minimum atomic E-state index is -0.0308. The van der Waals surface area contributed by atoms with E-state index in [1.165, 1.54) is 70.0 Å². The lowest BCUT2D eigenvalue weighted by Gasteiger charge is -2.18. The number of carbonyl (C=O) groups is 1. The van der Waals surface area contributed by atoms with Crippen LogP contribution in [-0.4, -0.2) is 55.2 Å². The lowest BCUT2D eigenvalue weighted by Crippen LogP contribution is -2.41. The Morgan fingerprint density at radius 1 is 0.731 bits per heavy atom. The van der Waals surface area contributed by atoms with E-state index in [1.54, 1.807) is 0 Å². The van der Waals surface area contributed by atoms with Gasteiger partial charge < -0.3 is 15.5 Å². The molecule has 0 saturated carbocycles. The predicted octanol–water partition coefficient (Wildman–Crippen LogP) is 5.28. The molecule has 156 valence electrons. The Hall–Kier alpha value is -0.420. The van der Waals surface area contributed by atoms with Crippen LogP contribution in [0, 0.1) is 0 Å². The van der Waals surface area contributed by atoms with Crippen molar-refractivity contribution in [3.05, 3.63) is 0 Å². The zero-order valence-corrected chi connectivity index (χ0v) is 18.6. The Balaban J connectivity index is 3.20. The average molecular weight is 388 g/mol. The van der Waals surface area contributed by atoms with Gasteiger partial charge in [0.2, 0.25) is 0 Å². The van der Waals surface area contributed by atoms with Crippen LogP contribution < -0.4 is 10.6 Å². The van der Waals surface area contributed by atoms with Crippen LogP contribution in [-0.2, 0) is 0 Å². The molecule has 0 radical (unpaired) electrons. The Bertz CT molecular complexity index is 299. The largest absolute Gasteiger partial charge is 0.337 e. The standard InChI is InChI=1S/C21H45N3OS/c1-4-7-8-9-10-11-12-13-14-15-19-26-20-17-23-21(25)22-16-18-24(5-2)6-3/h4-20H2,1-3H3,(H2,22,23,25). The monoisotopic (exact) mass is 387 g/mol. The minimum Gasteiger partial charge on any atom is -0.337 e. The predicted molar refractivity (Wildman–Crippen MR) is 118 cm³/mol. The topological polar surface area (TPSA) is 44.4 Å². The molecule has 0 aliphatic rings. The number of amides is 2. The molecule has 0 spiro atoms. The second kappa shape index (κ2) is 20.9. The van der Waals surface area contributed by atoms with E-state index in [9.17, 15) is 4.79 Å². The number of nitrogens with one attached hydrogen (secondary N) is 2. The van der Waals surface area contributed by atoms with Gasteiger partial charge in [-0.1, -0.05) is 78.6 Å². The van der Waals surface area contributed by atoms with Crippen LogP contribution in [0.1, 0.15) is 85.0 Å². The van der Waals surface area contributed by atoms with Crippen LogP contribution in [0.25, 0.3) is 0 Å². The van der Waals surface area contributed by atoms with Gasteiger partial charge in [-0.2, -0.15) is 11.8 Å². The molecule has 0 aromatic carbocycles. The molecule has 0 fully saturated rings. The number of nitrogens with zero attached hydrogens (tertiary/aromatic N) is 1. The molecule has 0 atom stereocenters. The van der Waals surface area contributed by atoms with Gasteiger partial charge in [0.25, 0.3) is 0 Å². The van der Waals surface area contributed by atoms with Gasteiger partial charge in [-0.25, -0.2) is 4.79 Å². The maximum atomic E-state index is 11.7. The van der Waals surface area contributed by atoms with Gasteiger partial charge in [-0.3, -0.25) is 0 Å². The van der Waals surface area contributed by atoms with Gasteiger partial charge in [0.05, 0.1) is 0 Å². The molecule has 4 nitrogen and oxygen atoms in total. The van der Waals surface area contributed by atoms with Crippen LogP contribution in [0.3, 0.4) is 0 Å². The molecule has 0 unspecified atom stereocenters. The van der Waals surface area contributed by atoms with Crippen molar-refractivity contribution in [2.24, 2.45) is 0 Å². The van der Waals surface area contributed by atoms with Gasteiger partial charge in [-0.05, 0) is 25.3 Å². The molecular weight excluding hydrogens is 342 g/mol. The Morgan fingerprint density at radius 2 is 1.27 bits per heavy atom. The number of likely N-dealkylation sites (N-methyl/N-ethyl adjacent to an activating group) is 1. The number of carbonyl (C=O) groups excluding carboxylic acids is 1. The summed E-state index contributed by atoms with van der Waals surface area (Å²) in [6, 6.07) is -0.0308. The van der Waals surface area contributed by atoms with Crippen LogP contribution in [0.2, 0.25) is 0 Å². The molecule has 0 aliphatic heterocycles. The summed E-state index contributed by atoms with van der Waals surface area (Å²) >= 11 is 1.96. The van der Waals surface area contributed by atoms with Gasteiger partial charge >= 0.3 is 6.03 Å². The number of hydrogen-bond acceptors (Lipinski definition) is 3. The number of urea groups is 1. The fourth-order valence-corrected chi connectivity index (χ4v) is 3.82. The second-order valence-corrected chi connectivity index (χ2v) is 8.23. The van der Waals surface area contributed by atoms with Gasteiger partial charge in [0.1, 0.15) is 0 Å². The molecule has 0 aromatic heterocycles. The molecule has 0 bridgehead atoms. The summed E-state index contributed by atoms with van der Waals surface area (Å²) in [5.41, 5.74) is 0. The van der Waals surface area contributed by atoms with E-state index in [0.717, 1.165) is 38.5 Å². The molecule has 0 saturated heterocycles. The number of thioether (sulfide) groups is 1. The number of unbranched alkanes of at least 4 members (excludes halogenated alkanes) is 9. The summed E-state index contributed by atoms with van der Waals surface area (Å²) in [7, 11) is 0. The number of rotatable bonds is 19. The Labute approximate surface area is 167 Å². The first-order valence-electron chi connectivity index (χ1n) is 11.1. The van der Waals surface area contributed by atoms with Crippen LogP contribution >= 0.6 is 11.8 Å². The summed E-state index contributed by atoms with van der Waals surface area (Å²) in [5, 5.41) is 5.87. The highest BCUT2D eigenvalue weighted by Crippen LogP contribution is 2.12. The van der Waals surface area contributed by atoms with Crippen molar-refractivity contribution in [2.75, 3.05) is 44.2 Å². The van der Waals surface area contributed by atoms with Gasteiger partial charge in [0.15, 0.2) is 0 Å². The average Bonchev–Trinajstić information content (AvgIpc) is 2.65. The summed E-state index contributed by atoms with van der Waals surface area (Å²) in [5.74, 6) is 2.24. The lowest BCUT2D eigenvalue weighted by atomic mass is 10.1. The van der Waals surface area contributed by atoms with Gasteiger partial charge in [0, 0.05) is 25.4 Å². The first-order valence-corrected chi connectivity index (χ1v) is 12.2. The molecule has 0 heterocycles. The Morgan fingerprint density at radius 3 is 1.85 bits per heavy atom. The van der Waals surface area contributed by atoms with Crippen molar-refractivity contribution >= 4 is 17.8 Å². The third-order valence-corrected chi connectivity index (χ3v) is 5.85. The molecule has 5 heteroatoms.